The molecule has 0 unspecified atom stereocenters. The Morgan fingerprint density at radius 1 is 0.179 bits per heavy atom. The van der Waals surface area contributed by atoms with Crippen molar-refractivity contribution in [3.05, 3.63) is 380 Å². The number of rotatable bonds is 7. The van der Waals surface area contributed by atoms with Crippen LogP contribution in [0.15, 0.2) is 341 Å². The molecular formula is C99H75N7. The van der Waals surface area contributed by atoms with Gasteiger partial charge in [-0.3, -0.25) is 34.9 Å². The van der Waals surface area contributed by atoms with Gasteiger partial charge in [-0.05, 0) is 158 Å². The minimum atomic E-state index is 0.847. The van der Waals surface area contributed by atoms with Gasteiger partial charge in [-0.25, -0.2) is 0 Å². The lowest BCUT2D eigenvalue weighted by Crippen LogP contribution is -1.96. The summed E-state index contributed by atoms with van der Waals surface area (Å²) in [6.07, 6.45) is 18.0. The van der Waals surface area contributed by atoms with Crippen LogP contribution in [0.25, 0.3) is 152 Å². The average molecular weight is 1360 g/mol. The van der Waals surface area contributed by atoms with Gasteiger partial charge in [0.15, 0.2) is 0 Å². The molecule has 7 nitrogen and oxygen atoms in total. The lowest BCUT2D eigenvalue weighted by molar-refractivity contribution is 0.979. The summed E-state index contributed by atoms with van der Waals surface area (Å²) in [5.41, 5.74) is 17.0. The van der Waals surface area contributed by atoms with Crippen molar-refractivity contribution in [1.82, 2.24) is 34.9 Å². The third-order valence-corrected chi connectivity index (χ3v) is 20.8. The Morgan fingerprint density at radius 3 is 0.632 bits per heavy atom. The fourth-order valence-electron chi connectivity index (χ4n) is 15.8. The van der Waals surface area contributed by atoms with Crippen LogP contribution in [-0.4, -0.2) is 34.9 Å². The summed E-state index contributed by atoms with van der Waals surface area (Å²) in [6, 6.07) is 105. The van der Waals surface area contributed by atoms with Crippen LogP contribution in [0, 0.1) is 6.92 Å². The molecule has 7 heterocycles. The Kier molecular flexibility index (Phi) is 18.5. The zero-order chi connectivity index (χ0) is 71.3. The van der Waals surface area contributed by atoms with Crippen molar-refractivity contribution in [2.45, 2.75) is 52.9 Å². The molecule has 21 aromatic rings. The van der Waals surface area contributed by atoms with Gasteiger partial charge >= 0.3 is 0 Å². The molecule has 0 bridgehead atoms. The SMILES string of the molecule is CCc1cccc2ccc3cccnc3c12.CCc1cccc2ccc3cccnc3c12.Cc1cccc2ccc3cccnc3c12.c1cnc2c(c1)ccc1cccc(CCc3cccc4ccc5cccnc5c34)c12.c1cnc2c(c1)ccc1cccc(Cc3cccc4ccc5cccnc5c34)c12. The number of hydrogen-bond acceptors (Lipinski definition) is 7. The molecule has 106 heavy (non-hydrogen) atoms. The molecule has 21 rings (SSSR count). The molecule has 0 fully saturated rings. The van der Waals surface area contributed by atoms with E-state index in [0.29, 0.717) is 0 Å². The van der Waals surface area contributed by atoms with Crippen molar-refractivity contribution in [3.8, 4) is 0 Å². The van der Waals surface area contributed by atoms with Crippen LogP contribution >= 0.6 is 0 Å². The summed E-state index contributed by atoms with van der Waals surface area (Å²) in [5.74, 6) is 0. The van der Waals surface area contributed by atoms with E-state index in [9.17, 15) is 0 Å². The topological polar surface area (TPSA) is 90.2 Å². The van der Waals surface area contributed by atoms with Crippen LogP contribution in [0.3, 0.4) is 0 Å². The van der Waals surface area contributed by atoms with Crippen LogP contribution in [0.2, 0.25) is 0 Å². The smallest absolute Gasteiger partial charge is 0.0783 e. The predicted molar refractivity (Wildman–Crippen MR) is 448 cm³/mol. The average Bonchev–Trinajstić information content (AvgIpc) is 0.808. The van der Waals surface area contributed by atoms with E-state index < -0.39 is 0 Å². The molecule has 0 aliphatic carbocycles. The number of aryl methyl sites for hydroxylation is 5. The van der Waals surface area contributed by atoms with Gasteiger partial charge < -0.3 is 0 Å². The summed E-state index contributed by atoms with van der Waals surface area (Å²) in [6.45, 7) is 6.52. The molecule has 0 atom stereocenters. The normalized spacial score (nSPS) is 11.3. The van der Waals surface area contributed by atoms with Gasteiger partial charge in [0.2, 0.25) is 0 Å². The fraction of sp³-hybridized carbons (Fsp3) is 0.0808. The predicted octanol–water partition coefficient (Wildman–Crippen LogP) is 25.2. The van der Waals surface area contributed by atoms with Gasteiger partial charge in [-0.2, -0.15) is 0 Å². The molecule has 0 N–H and O–H groups in total. The van der Waals surface area contributed by atoms with E-state index in [1.54, 1.807) is 0 Å². The maximum absolute atomic E-state index is 4.71. The molecule has 0 amide bonds. The number of nitrogens with zero attached hydrogens (tertiary/aromatic N) is 7. The van der Waals surface area contributed by atoms with E-state index in [-0.39, 0.29) is 0 Å². The highest BCUT2D eigenvalue weighted by molar-refractivity contribution is 6.13. The monoisotopic (exact) mass is 1360 g/mol. The number of aromatic nitrogens is 7. The van der Waals surface area contributed by atoms with Gasteiger partial charge in [0.25, 0.3) is 0 Å². The highest BCUT2D eigenvalue weighted by atomic mass is 14.7. The second-order valence-corrected chi connectivity index (χ2v) is 27.1. The first-order valence-electron chi connectivity index (χ1n) is 36.7. The van der Waals surface area contributed by atoms with Crippen LogP contribution in [0.1, 0.15) is 52.8 Å². The standard InChI is InChI=1S/C28H20N2.C27H18N2.2C15H13N.C14H11N/c1-5-19(25-21(7-1)13-15-23-9-3-17-29-27(23)25)11-12-20-6-2-8-22-14-16-24-10-4-18-30-28(24)26(20)22;1-5-18-11-13-20-9-3-15-28-26(20)24(18)22(7-1)17-23-8-2-6-19-12-14-21-10-4-16-29-27(21)25(19)23;2*1-2-11-5-3-6-12-8-9-13-7-4-10-16-15(13)14(11)12;1-10-4-2-5-11-7-8-12-6-3-9-15-14(12)13(10)11/h1-10,13-18H,11-12H2;1-16H,17H2;2*3-10H,2H2,1H3;2-9H,1H3. The van der Waals surface area contributed by atoms with E-state index in [2.05, 4.69) is 291 Å². The van der Waals surface area contributed by atoms with E-state index in [4.69, 9.17) is 19.9 Å². The van der Waals surface area contributed by atoms with Crippen molar-refractivity contribution >= 4 is 152 Å². The van der Waals surface area contributed by atoms with Crippen LogP contribution in [-0.2, 0) is 32.1 Å². The first kappa shape index (κ1) is 66.0. The molecule has 0 radical (unpaired) electrons. The lowest BCUT2D eigenvalue weighted by Gasteiger charge is -2.12. The van der Waals surface area contributed by atoms with E-state index in [0.717, 1.165) is 70.7 Å². The fourth-order valence-corrected chi connectivity index (χ4v) is 15.8. The summed E-state index contributed by atoms with van der Waals surface area (Å²) in [4.78, 5) is 32.3. The van der Waals surface area contributed by atoms with Crippen LogP contribution < -0.4 is 0 Å². The first-order chi connectivity index (χ1) is 52.4. The zero-order valence-electron chi connectivity index (χ0n) is 59.5. The van der Waals surface area contributed by atoms with Crippen molar-refractivity contribution in [3.63, 3.8) is 0 Å². The Morgan fingerprint density at radius 2 is 0.368 bits per heavy atom. The van der Waals surface area contributed by atoms with Crippen molar-refractivity contribution in [1.29, 1.82) is 0 Å². The summed E-state index contributed by atoms with van der Waals surface area (Å²) in [7, 11) is 0. The molecule has 7 heteroatoms. The Balaban J connectivity index is 0.000000101. The molecule has 0 aliphatic heterocycles. The molecular weight excluding hydrogens is 1290 g/mol. The number of fused-ring (bicyclic) bond motifs is 21. The first-order valence-corrected chi connectivity index (χ1v) is 36.7. The molecule has 0 saturated heterocycles. The second-order valence-electron chi connectivity index (χ2n) is 27.1. The largest absolute Gasteiger partial charge is 0.256 e. The molecule has 0 aliphatic rings. The van der Waals surface area contributed by atoms with Gasteiger partial charge in [0.05, 0.1) is 38.6 Å². The Bertz CT molecular complexity index is 6530. The molecule has 14 aromatic carbocycles. The molecule has 7 aromatic heterocycles. The van der Waals surface area contributed by atoms with Gasteiger partial charge in [-0.1, -0.05) is 269 Å². The van der Waals surface area contributed by atoms with Gasteiger partial charge in [0, 0.05) is 119 Å². The Hall–Kier alpha value is -13.2. The lowest BCUT2D eigenvalue weighted by atomic mass is 9.93. The molecule has 506 valence electrons. The van der Waals surface area contributed by atoms with Crippen LogP contribution in [0.5, 0.6) is 0 Å². The number of benzene rings is 14. The third-order valence-electron chi connectivity index (χ3n) is 20.8. The minimum Gasteiger partial charge on any atom is -0.256 e. The number of pyridine rings is 7. The van der Waals surface area contributed by atoms with Crippen LogP contribution in [0.4, 0.5) is 0 Å². The minimum absolute atomic E-state index is 0.847. The zero-order valence-corrected chi connectivity index (χ0v) is 59.5. The van der Waals surface area contributed by atoms with Crippen molar-refractivity contribution in [2.24, 2.45) is 0 Å². The maximum atomic E-state index is 4.71. The Labute approximate surface area is 615 Å². The van der Waals surface area contributed by atoms with E-state index >= 15 is 0 Å². The highest BCUT2D eigenvalue weighted by Gasteiger charge is 2.15. The molecule has 0 saturated carbocycles. The van der Waals surface area contributed by atoms with Crippen molar-refractivity contribution in [2.75, 3.05) is 0 Å². The number of hydrogen-bond donors (Lipinski definition) is 0. The highest BCUT2D eigenvalue weighted by Crippen LogP contribution is 2.36. The quantitative estimate of drug-likeness (QED) is 0.147. The maximum Gasteiger partial charge on any atom is 0.0783 e. The third kappa shape index (κ3) is 12.9. The second kappa shape index (κ2) is 29.6. The van der Waals surface area contributed by atoms with E-state index in [1.165, 1.54) is 152 Å². The summed E-state index contributed by atoms with van der Waals surface area (Å²) < 4.78 is 0. The van der Waals surface area contributed by atoms with Crippen molar-refractivity contribution < 1.29 is 0 Å². The summed E-state index contributed by atoms with van der Waals surface area (Å²) >= 11 is 0. The van der Waals surface area contributed by atoms with Gasteiger partial charge in [0.1, 0.15) is 0 Å². The van der Waals surface area contributed by atoms with Gasteiger partial charge in [-0.15, -0.1) is 0 Å². The summed E-state index contributed by atoms with van der Waals surface area (Å²) in [5, 5.41) is 26.1. The van der Waals surface area contributed by atoms with E-state index in [1.807, 2.05) is 85.8 Å². The molecule has 0 spiro atoms.